The van der Waals surface area contributed by atoms with Gasteiger partial charge < -0.3 is 24.8 Å². The third-order valence-electron chi connectivity index (χ3n) is 3.57. The van der Waals surface area contributed by atoms with Gasteiger partial charge in [-0.2, -0.15) is 0 Å². The average molecular weight is 304 g/mol. The summed E-state index contributed by atoms with van der Waals surface area (Å²) in [5.74, 6) is 0.749. The van der Waals surface area contributed by atoms with Crippen molar-refractivity contribution in [1.82, 2.24) is 10.6 Å². The average Bonchev–Trinajstić information content (AvgIpc) is 2.53. The Morgan fingerprint density at radius 3 is 2.73 bits per heavy atom. The Kier molecular flexibility index (Phi) is 3.62. The van der Waals surface area contributed by atoms with Crippen LogP contribution in [0, 0.1) is 0 Å². The smallest absolute Gasteiger partial charge is 0.337 e. The molecule has 0 unspecified atom stereocenters. The molecule has 0 aliphatic carbocycles. The van der Waals surface area contributed by atoms with E-state index >= 15 is 0 Å². The van der Waals surface area contributed by atoms with Crippen LogP contribution in [0.4, 0.5) is 4.79 Å². The van der Waals surface area contributed by atoms with Gasteiger partial charge in [0.2, 0.25) is 0 Å². The molecule has 0 fully saturated rings. The molecule has 2 aliphatic heterocycles. The molecular weight excluding hydrogens is 288 g/mol. The van der Waals surface area contributed by atoms with E-state index in [1.165, 1.54) is 7.11 Å². The highest BCUT2D eigenvalue weighted by atomic mass is 16.6. The van der Waals surface area contributed by atoms with Crippen LogP contribution in [-0.2, 0) is 9.53 Å². The molecule has 116 valence electrons. The van der Waals surface area contributed by atoms with Crippen LogP contribution in [0.25, 0.3) is 0 Å². The van der Waals surface area contributed by atoms with Gasteiger partial charge in [0, 0.05) is 5.70 Å². The maximum Gasteiger partial charge on any atom is 0.337 e. The molecule has 2 aliphatic rings. The van der Waals surface area contributed by atoms with Gasteiger partial charge in [-0.15, -0.1) is 0 Å². The maximum atomic E-state index is 12.0. The fraction of sp³-hybridized carbons (Fsp3) is 0.333. The van der Waals surface area contributed by atoms with Crippen molar-refractivity contribution in [3.05, 3.63) is 35.0 Å². The minimum absolute atomic E-state index is 0.360. The molecule has 1 atom stereocenters. The van der Waals surface area contributed by atoms with E-state index in [4.69, 9.17) is 14.2 Å². The van der Waals surface area contributed by atoms with E-state index in [1.807, 2.05) is 0 Å². The minimum atomic E-state index is -0.600. The fourth-order valence-electron chi connectivity index (χ4n) is 2.56. The molecule has 2 N–H and O–H groups in total. The second-order valence-corrected chi connectivity index (χ2v) is 4.96. The number of esters is 1. The van der Waals surface area contributed by atoms with Crippen LogP contribution in [0.1, 0.15) is 18.5 Å². The van der Waals surface area contributed by atoms with Crippen molar-refractivity contribution in [3.8, 4) is 11.5 Å². The lowest BCUT2D eigenvalue weighted by Crippen LogP contribution is -2.45. The summed E-state index contributed by atoms with van der Waals surface area (Å²) >= 11 is 0. The van der Waals surface area contributed by atoms with E-state index in [-0.39, 0.29) is 6.03 Å². The van der Waals surface area contributed by atoms with Crippen molar-refractivity contribution in [2.75, 3.05) is 20.3 Å². The van der Waals surface area contributed by atoms with E-state index in [0.717, 1.165) is 5.56 Å². The van der Waals surface area contributed by atoms with Gasteiger partial charge in [0.1, 0.15) is 13.2 Å². The molecule has 2 heterocycles. The van der Waals surface area contributed by atoms with Gasteiger partial charge in [-0.1, -0.05) is 6.07 Å². The van der Waals surface area contributed by atoms with Gasteiger partial charge in [-0.25, -0.2) is 9.59 Å². The van der Waals surface area contributed by atoms with Gasteiger partial charge in [0.15, 0.2) is 11.5 Å². The number of carbonyl (C=O) groups is 2. The fourth-order valence-corrected chi connectivity index (χ4v) is 2.56. The number of allylic oxidation sites excluding steroid dienone is 1. The predicted octanol–water partition coefficient (Wildman–Crippen LogP) is 1.26. The Balaban J connectivity index is 2.02. The lowest BCUT2D eigenvalue weighted by molar-refractivity contribution is -0.136. The predicted molar refractivity (Wildman–Crippen MR) is 76.6 cm³/mol. The molecule has 7 nitrogen and oxygen atoms in total. The Hall–Kier alpha value is -2.70. The molecular formula is C15H16N2O5. The number of amides is 2. The number of fused-ring (bicyclic) bond motifs is 1. The topological polar surface area (TPSA) is 85.9 Å². The number of ether oxygens (including phenoxy) is 3. The zero-order valence-electron chi connectivity index (χ0n) is 12.3. The largest absolute Gasteiger partial charge is 0.486 e. The summed E-state index contributed by atoms with van der Waals surface area (Å²) in [5.41, 5.74) is 1.55. The molecule has 0 aromatic heterocycles. The monoisotopic (exact) mass is 304 g/mol. The molecule has 1 aromatic carbocycles. The molecule has 7 heteroatoms. The number of benzene rings is 1. The minimum Gasteiger partial charge on any atom is -0.486 e. The first-order chi connectivity index (χ1) is 10.6. The van der Waals surface area contributed by atoms with Crippen LogP contribution in [0.5, 0.6) is 11.5 Å². The Bertz CT molecular complexity index is 668. The Morgan fingerprint density at radius 2 is 2.00 bits per heavy atom. The van der Waals surface area contributed by atoms with Crippen LogP contribution in [0.15, 0.2) is 29.5 Å². The molecule has 0 bridgehead atoms. The van der Waals surface area contributed by atoms with Gasteiger partial charge in [-0.05, 0) is 24.6 Å². The summed E-state index contributed by atoms with van der Waals surface area (Å²) in [7, 11) is 1.31. The first-order valence-electron chi connectivity index (χ1n) is 6.86. The first-order valence-corrected chi connectivity index (χ1v) is 6.86. The number of urea groups is 1. The Morgan fingerprint density at radius 1 is 1.27 bits per heavy atom. The van der Waals surface area contributed by atoms with E-state index in [9.17, 15) is 9.59 Å². The molecule has 1 aromatic rings. The highest BCUT2D eigenvalue weighted by Crippen LogP contribution is 2.35. The molecule has 0 saturated heterocycles. The number of hydrogen-bond donors (Lipinski definition) is 2. The summed E-state index contributed by atoms with van der Waals surface area (Å²) in [6.45, 7) is 2.63. The number of carbonyl (C=O) groups excluding carboxylic acids is 2. The lowest BCUT2D eigenvalue weighted by atomic mass is 9.95. The molecule has 0 radical (unpaired) electrons. The SMILES string of the molecule is COC(=O)C1=C(C)NC(=O)N[C@@H]1c1ccc2c(c1)OCCO2. The van der Waals surface area contributed by atoms with Crippen LogP contribution < -0.4 is 20.1 Å². The third-order valence-corrected chi connectivity index (χ3v) is 3.57. The summed E-state index contributed by atoms with van der Waals surface area (Å²) < 4.78 is 15.8. The van der Waals surface area contributed by atoms with E-state index in [2.05, 4.69) is 10.6 Å². The Labute approximate surface area is 127 Å². The second kappa shape index (κ2) is 5.59. The molecule has 0 spiro atoms. The van der Waals surface area contributed by atoms with Crippen molar-refractivity contribution in [3.63, 3.8) is 0 Å². The zero-order chi connectivity index (χ0) is 15.7. The summed E-state index contributed by atoms with van der Waals surface area (Å²) in [5, 5.41) is 5.31. The van der Waals surface area contributed by atoms with Crippen molar-refractivity contribution in [2.24, 2.45) is 0 Å². The number of nitrogens with one attached hydrogen (secondary N) is 2. The summed E-state index contributed by atoms with van der Waals surface area (Å²) in [4.78, 5) is 23.8. The van der Waals surface area contributed by atoms with Crippen LogP contribution in [0.2, 0.25) is 0 Å². The number of methoxy groups -OCH3 is 1. The van der Waals surface area contributed by atoms with E-state index in [1.54, 1.807) is 25.1 Å². The van der Waals surface area contributed by atoms with E-state index < -0.39 is 12.0 Å². The number of hydrogen-bond acceptors (Lipinski definition) is 5. The standard InChI is InChI=1S/C15H16N2O5/c1-8-12(14(18)20-2)13(17-15(19)16-8)9-3-4-10-11(7-9)22-6-5-21-10/h3-4,7,13H,5-6H2,1-2H3,(H2,16,17,19)/t13-/m1/s1. The van der Waals surface area contributed by atoms with Crippen molar-refractivity contribution in [2.45, 2.75) is 13.0 Å². The summed E-state index contributed by atoms with van der Waals surface area (Å²) in [6.07, 6.45) is 0. The zero-order valence-corrected chi connectivity index (χ0v) is 12.3. The van der Waals surface area contributed by atoms with Gasteiger partial charge in [-0.3, -0.25) is 0 Å². The summed E-state index contributed by atoms with van der Waals surface area (Å²) in [6, 6.07) is 4.35. The highest BCUT2D eigenvalue weighted by molar-refractivity contribution is 5.94. The number of rotatable bonds is 2. The van der Waals surface area contributed by atoms with Crippen molar-refractivity contribution in [1.29, 1.82) is 0 Å². The molecule has 3 rings (SSSR count). The van der Waals surface area contributed by atoms with Crippen LogP contribution >= 0.6 is 0 Å². The van der Waals surface area contributed by atoms with Gasteiger partial charge in [0.05, 0.1) is 18.7 Å². The first kappa shape index (κ1) is 14.2. The molecule has 2 amide bonds. The highest BCUT2D eigenvalue weighted by Gasteiger charge is 2.32. The lowest BCUT2D eigenvalue weighted by Gasteiger charge is -2.28. The van der Waals surface area contributed by atoms with Crippen LogP contribution in [0.3, 0.4) is 0 Å². The van der Waals surface area contributed by atoms with Crippen LogP contribution in [-0.4, -0.2) is 32.3 Å². The second-order valence-electron chi connectivity index (χ2n) is 4.96. The van der Waals surface area contributed by atoms with Gasteiger partial charge in [0.25, 0.3) is 0 Å². The quantitative estimate of drug-likeness (QED) is 0.803. The molecule has 0 saturated carbocycles. The normalized spacial score (nSPS) is 20.1. The molecule has 22 heavy (non-hydrogen) atoms. The van der Waals surface area contributed by atoms with Gasteiger partial charge >= 0.3 is 12.0 Å². The maximum absolute atomic E-state index is 12.0. The van der Waals surface area contributed by atoms with Crippen molar-refractivity contribution >= 4 is 12.0 Å². The van der Waals surface area contributed by atoms with E-state index in [0.29, 0.717) is 36.0 Å². The third kappa shape index (κ3) is 2.45. The van der Waals surface area contributed by atoms with Crippen molar-refractivity contribution < 1.29 is 23.8 Å².